The number of carbonyl (C=O) groups excluding carboxylic acids is 1. The summed E-state index contributed by atoms with van der Waals surface area (Å²) in [7, 11) is 0. The second-order valence-electron chi connectivity index (χ2n) is 7.09. The Morgan fingerprint density at radius 1 is 1.19 bits per heavy atom. The van der Waals surface area contributed by atoms with Crippen molar-refractivity contribution in [1.29, 1.82) is 0 Å². The summed E-state index contributed by atoms with van der Waals surface area (Å²) < 4.78 is 27.8. The summed E-state index contributed by atoms with van der Waals surface area (Å²) in [6, 6.07) is 7.96. The molecule has 0 atom stereocenters. The number of carbonyl (C=O) groups is 1. The average Bonchev–Trinajstić information content (AvgIpc) is 3.18. The van der Waals surface area contributed by atoms with Crippen LogP contribution in [0.15, 0.2) is 36.4 Å². The van der Waals surface area contributed by atoms with Gasteiger partial charge in [0.1, 0.15) is 16.9 Å². The molecule has 0 bridgehead atoms. The van der Waals surface area contributed by atoms with Crippen molar-refractivity contribution in [3.63, 3.8) is 0 Å². The van der Waals surface area contributed by atoms with Crippen molar-refractivity contribution in [2.45, 2.75) is 0 Å². The summed E-state index contributed by atoms with van der Waals surface area (Å²) in [5, 5.41) is 14.4. The quantitative estimate of drug-likeness (QED) is 0.461. The molecule has 8 nitrogen and oxygen atoms in total. The highest BCUT2D eigenvalue weighted by Gasteiger charge is 2.22. The van der Waals surface area contributed by atoms with Crippen LogP contribution in [0.1, 0.15) is 10.4 Å². The van der Waals surface area contributed by atoms with Gasteiger partial charge < -0.3 is 10.2 Å². The molecule has 0 unspecified atom stereocenters. The van der Waals surface area contributed by atoms with Crippen LogP contribution in [0.25, 0.3) is 10.2 Å². The zero-order chi connectivity index (χ0) is 22.0. The van der Waals surface area contributed by atoms with Gasteiger partial charge in [-0.3, -0.25) is 19.8 Å². The number of para-hydroxylation sites is 1. The number of nitro groups is 1. The fourth-order valence-electron chi connectivity index (χ4n) is 3.49. The van der Waals surface area contributed by atoms with E-state index >= 15 is 0 Å². The van der Waals surface area contributed by atoms with E-state index in [1.54, 1.807) is 6.07 Å². The molecule has 162 valence electrons. The molecule has 1 saturated heterocycles. The van der Waals surface area contributed by atoms with Gasteiger partial charge in [-0.05, 0) is 12.1 Å². The molecule has 0 saturated carbocycles. The molecule has 11 heteroatoms. The molecule has 0 aliphatic carbocycles. The molecule has 1 amide bonds. The normalized spacial score (nSPS) is 14.7. The third kappa shape index (κ3) is 4.62. The van der Waals surface area contributed by atoms with E-state index in [9.17, 15) is 23.7 Å². The molecule has 2 heterocycles. The number of thiazole rings is 1. The Hall–Kier alpha value is -3.18. The standard InChI is InChI=1S/C20H19F2N5O3S/c21-13-11-15(22)18-17(12-13)31-20(24-18)26-9-7-25(8-10-26)6-5-23-19(28)14-3-1-2-4-16(14)27(29)30/h1-4,11-12H,5-10H2,(H,23,28). The van der Waals surface area contributed by atoms with Gasteiger partial charge in [-0.1, -0.05) is 23.5 Å². The van der Waals surface area contributed by atoms with E-state index in [1.807, 2.05) is 4.90 Å². The van der Waals surface area contributed by atoms with Crippen molar-refractivity contribution in [2.75, 3.05) is 44.2 Å². The topological polar surface area (TPSA) is 91.6 Å². The number of piperazine rings is 1. The summed E-state index contributed by atoms with van der Waals surface area (Å²) >= 11 is 1.26. The van der Waals surface area contributed by atoms with Gasteiger partial charge in [0.15, 0.2) is 10.9 Å². The minimum Gasteiger partial charge on any atom is -0.351 e. The lowest BCUT2D eigenvalue weighted by Gasteiger charge is -2.34. The molecule has 1 N–H and O–H groups in total. The van der Waals surface area contributed by atoms with Gasteiger partial charge in [0, 0.05) is 51.4 Å². The SMILES string of the molecule is O=C(NCCN1CCN(c2nc3c(F)cc(F)cc3s2)CC1)c1ccccc1[N+](=O)[O-]. The number of anilines is 1. The highest BCUT2D eigenvalue weighted by Crippen LogP contribution is 2.31. The van der Waals surface area contributed by atoms with Crippen LogP contribution in [0, 0.1) is 21.7 Å². The Morgan fingerprint density at radius 3 is 2.68 bits per heavy atom. The second-order valence-corrected chi connectivity index (χ2v) is 8.10. The Labute approximate surface area is 180 Å². The zero-order valence-electron chi connectivity index (χ0n) is 16.4. The van der Waals surface area contributed by atoms with Gasteiger partial charge in [0.25, 0.3) is 11.6 Å². The molecule has 4 rings (SSSR count). The number of hydrogen-bond acceptors (Lipinski definition) is 7. The molecule has 0 radical (unpaired) electrons. The van der Waals surface area contributed by atoms with Gasteiger partial charge in [-0.2, -0.15) is 0 Å². The minimum absolute atomic E-state index is 0.0387. The maximum atomic E-state index is 13.9. The monoisotopic (exact) mass is 447 g/mol. The molecule has 0 spiro atoms. The van der Waals surface area contributed by atoms with Crippen LogP contribution in [0.2, 0.25) is 0 Å². The number of nitro benzene ring substituents is 1. The molecule has 1 aromatic heterocycles. The van der Waals surface area contributed by atoms with Crippen LogP contribution >= 0.6 is 11.3 Å². The number of nitrogens with zero attached hydrogens (tertiary/aromatic N) is 4. The van der Waals surface area contributed by atoms with Crippen LogP contribution in [0.5, 0.6) is 0 Å². The number of benzene rings is 2. The molecule has 31 heavy (non-hydrogen) atoms. The third-order valence-corrected chi connectivity index (χ3v) is 6.17. The van der Waals surface area contributed by atoms with Crippen molar-refractivity contribution in [2.24, 2.45) is 0 Å². The van der Waals surface area contributed by atoms with Gasteiger partial charge in [0.05, 0.1) is 9.62 Å². The number of rotatable bonds is 6. The van der Waals surface area contributed by atoms with Gasteiger partial charge in [-0.15, -0.1) is 0 Å². The summed E-state index contributed by atoms with van der Waals surface area (Å²) in [4.78, 5) is 31.3. The first-order valence-corrected chi connectivity index (χ1v) is 10.5. The van der Waals surface area contributed by atoms with Crippen LogP contribution < -0.4 is 10.2 Å². The predicted octanol–water partition coefficient (Wildman–Crippen LogP) is 3.03. The van der Waals surface area contributed by atoms with E-state index in [0.29, 0.717) is 49.1 Å². The number of fused-ring (bicyclic) bond motifs is 1. The fourth-order valence-corrected chi connectivity index (χ4v) is 4.55. The Morgan fingerprint density at radius 2 is 1.94 bits per heavy atom. The van der Waals surface area contributed by atoms with E-state index in [1.165, 1.54) is 35.6 Å². The van der Waals surface area contributed by atoms with Crippen molar-refractivity contribution in [3.8, 4) is 0 Å². The molecule has 2 aromatic carbocycles. The Bertz CT molecular complexity index is 1130. The van der Waals surface area contributed by atoms with Crippen molar-refractivity contribution < 1.29 is 18.5 Å². The Balaban J connectivity index is 1.29. The predicted molar refractivity (Wildman–Crippen MR) is 114 cm³/mol. The maximum absolute atomic E-state index is 13.9. The molecule has 1 aliphatic heterocycles. The summed E-state index contributed by atoms with van der Waals surface area (Å²) in [5.41, 5.74) is -0.000798. The van der Waals surface area contributed by atoms with Crippen molar-refractivity contribution in [1.82, 2.24) is 15.2 Å². The first-order valence-electron chi connectivity index (χ1n) is 9.67. The first kappa shape index (κ1) is 21.1. The largest absolute Gasteiger partial charge is 0.351 e. The second kappa shape index (κ2) is 8.90. The van der Waals surface area contributed by atoms with Gasteiger partial charge >= 0.3 is 0 Å². The zero-order valence-corrected chi connectivity index (χ0v) is 17.2. The lowest BCUT2D eigenvalue weighted by molar-refractivity contribution is -0.385. The van der Waals surface area contributed by atoms with E-state index < -0.39 is 22.5 Å². The number of nitrogens with one attached hydrogen (secondary N) is 1. The van der Waals surface area contributed by atoms with E-state index in [4.69, 9.17) is 0 Å². The smallest absolute Gasteiger partial charge is 0.282 e. The molecule has 3 aromatic rings. The summed E-state index contributed by atoms with van der Waals surface area (Å²) in [5.74, 6) is -1.76. The van der Waals surface area contributed by atoms with Crippen LogP contribution in [-0.2, 0) is 0 Å². The van der Waals surface area contributed by atoms with E-state index in [-0.39, 0.29) is 16.8 Å². The number of hydrogen-bond donors (Lipinski definition) is 1. The van der Waals surface area contributed by atoms with Crippen molar-refractivity contribution >= 4 is 38.3 Å². The molecule has 1 fully saturated rings. The van der Waals surface area contributed by atoms with Crippen molar-refractivity contribution in [3.05, 3.63) is 63.7 Å². The lowest BCUT2D eigenvalue weighted by atomic mass is 10.1. The summed E-state index contributed by atoms with van der Waals surface area (Å²) in [6.07, 6.45) is 0. The number of amides is 1. The molecular formula is C20H19F2N5O3S. The summed E-state index contributed by atoms with van der Waals surface area (Å²) in [6.45, 7) is 3.72. The minimum atomic E-state index is -0.662. The highest BCUT2D eigenvalue weighted by molar-refractivity contribution is 7.22. The molecular weight excluding hydrogens is 428 g/mol. The maximum Gasteiger partial charge on any atom is 0.282 e. The highest BCUT2D eigenvalue weighted by atomic mass is 32.1. The molecule has 1 aliphatic rings. The number of aromatic nitrogens is 1. The van der Waals surface area contributed by atoms with Gasteiger partial charge in [0.2, 0.25) is 0 Å². The van der Waals surface area contributed by atoms with Gasteiger partial charge in [-0.25, -0.2) is 13.8 Å². The lowest BCUT2D eigenvalue weighted by Crippen LogP contribution is -2.48. The fraction of sp³-hybridized carbons (Fsp3) is 0.300. The average molecular weight is 447 g/mol. The third-order valence-electron chi connectivity index (χ3n) is 5.10. The first-order chi connectivity index (χ1) is 14.9. The van der Waals surface area contributed by atoms with Crippen LogP contribution in [0.4, 0.5) is 19.6 Å². The van der Waals surface area contributed by atoms with E-state index in [0.717, 1.165) is 6.07 Å². The van der Waals surface area contributed by atoms with Crippen LogP contribution in [0.3, 0.4) is 0 Å². The number of halogens is 2. The van der Waals surface area contributed by atoms with Crippen LogP contribution in [-0.4, -0.2) is 60.0 Å². The Kier molecular flexibility index (Phi) is 6.05. The van der Waals surface area contributed by atoms with E-state index in [2.05, 4.69) is 15.2 Å².